The van der Waals surface area contributed by atoms with Crippen molar-refractivity contribution in [3.8, 4) is 17.0 Å². The molecule has 1 N–H and O–H groups in total. The van der Waals surface area contributed by atoms with Crippen LogP contribution in [-0.4, -0.2) is 49.4 Å². The molecule has 1 amide bonds. The molecule has 0 saturated carbocycles. The molecule has 2 aromatic heterocycles. The lowest BCUT2D eigenvalue weighted by molar-refractivity contribution is -0.112. The van der Waals surface area contributed by atoms with E-state index in [9.17, 15) is 4.79 Å². The number of nitrogens with one attached hydrogen (secondary N) is 1. The van der Waals surface area contributed by atoms with Crippen molar-refractivity contribution in [2.75, 3.05) is 31.7 Å². The van der Waals surface area contributed by atoms with Gasteiger partial charge in [0.2, 0.25) is 12.3 Å². The van der Waals surface area contributed by atoms with E-state index in [2.05, 4.69) is 10.3 Å². The van der Waals surface area contributed by atoms with Gasteiger partial charge in [-0.3, -0.25) is 9.69 Å². The van der Waals surface area contributed by atoms with Crippen molar-refractivity contribution >= 4 is 33.1 Å². The summed E-state index contributed by atoms with van der Waals surface area (Å²) >= 11 is 1.47. The number of carbonyl (C=O) groups is 1. The van der Waals surface area contributed by atoms with Crippen LogP contribution < -0.4 is 15.0 Å². The summed E-state index contributed by atoms with van der Waals surface area (Å²) < 4.78 is 12.4. The topological polar surface area (TPSA) is 76.6 Å². The zero-order chi connectivity index (χ0) is 20.6. The Kier molecular flexibility index (Phi) is 5.14. The summed E-state index contributed by atoms with van der Waals surface area (Å²) in [5, 5.41) is 4.07. The number of rotatable bonds is 5. The fourth-order valence-electron chi connectivity index (χ4n) is 4.50. The lowest BCUT2D eigenvalue weighted by atomic mass is 9.78. The number of methoxy groups -OCH3 is 1. The average molecular weight is 425 g/mol. The third-order valence-corrected chi connectivity index (χ3v) is 7.28. The van der Waals surface area contributed by atoms with Gasteiger partial charge in [0.25, 0.3) is 0 Å². The van der Waals surface area contributed by atoms with Crippen LogP contribution in [0, 0.1) is 5.41 Å². The van der Waals surface area contributed by atoms with Gasteiger partial charge >= 0.3 is 0 Å². The third kappa shape index (κ3) is 3.34. The highest BCUT2D eigenvalue weighted by Gasteiger charge is 2.42. The van der Waals surface area contributed by atoms with Crippen LogP contribution in [0.4, 0.5) is 5.13 Å². The van der Waals surface area contributed by atoms with E-state index in [0.717, 1.165) is 54.6 Å². The number of hydrogen-bond acceptors (Lipinski definition) is 7. The largest absolute Gasteiger partial charge is 0.479 e. The van der Waals surface area contributed by atoms with E-state index in [1.54, 1.807) is 18.2 Å². The molecule has 7 nitrogen and oxygen atoms in total. The quantitative estimate of drug-likeness (QED) is 0.633. The van der Waals surface area contributed by atoms with Gasteiger partial charge in [0.05, 0.1) is 11.8 Å². The molecule has 1 spiro atoms. The van der Waals surface area contributed by atoms with E-state index < -0.39 is 0 Å². The summed E-state index contributed by atoms with van der Waals surface area (Å²) in [6.07, 6.45) is 5.30. The minimum atomic E-state index is -0.309. The number of carbonyl (C=O) groups excluding carboxylic acids is 1. The molecule has 2 fully saturated rings. The minimum absolute atomic E-state index is 0.204. The molecule has 2 aliphatic heterocycles. The Morgan fingerprint density at radius 2 is 2.20 bits per heavy atom. The number of fused-ring (bicyclic) bond motifs is 1. The number of ether oxygens (including phenoxy) is 2. The number of hydrogen-bond donors (Lipinski definition) is 1. The molecular formula is C22H24N4O3S. The van der Waals surface area contributed by atoms with Crippen LogP contribution in [0.2, 0.25) is 0 Å². The molecule has 1 aromatic carbocycles. The Balaban J connectivity index is 1.55. The Morgan fingerprint density at radius 3 is 2.93 bits per heavy atom. The van der Waals surface area contributed by atoms with Crippen LogP contribution in [0.25, 0.3) is 21.3 Å². The molecule has 156 valence electrons. The van der Waals surface area contributed by atoms with E-state index in [0.29, 0.717) is 23.1 Å². The predicted octanol–water partition coefficient (Wildman–Crippen LogP) is 3.45. The van der Waals surface area contributed by atoms with Crippen molar-refractivity contribution in [2.24, 2.45) is 5.41 Å². The van der Waals surface area contributed by atoms with Crippen molar-refractivity contribution in [3.05, 3.63) is 36.5 Å². The summed E-state index contributed by atoms with van der Waals surface area (Å²) in [5.41, 5.74) is 2.89. The van der Waals surface area contributed by atoms with E-state index in [1.807, 2.05) is 30.3 Å². The molecule has 4 heterocycles. The summed E-state index contributed by atoms with van der Waals surface area (Å²) in [6, 6.07) is 10.1. The maximum Gasteiger partial charge on any atom is 0.241 e. The molecule has 2 atom stereocenters. The van der Waals surface area contributed by atoms with Gasteiger partial charge in [-0.15, -0.1) is 0 Å². The second-order valence-corrected chi connectivity index (χ2v) is 8.92. The first-order valence-electron chi connectivity index (χ1n) is 10.2. The van der Waals surface area contributed by atoms with E-state index in [-0.39, 0.29) is 11.6 Å². The Bertz CT molecular complexity index is 1050. The Morgan fingerprint density at radius 1 is 1.33 bits per heavy atom. The van der Waals surface area contributed by atoms with Gasteiger partial charge in [-0.1, -0.05) is 41.7 Å². The summed E-state index contributed by atoms with van der Waals surface area (Å²) in [7, 11) is 1.58. The van der Waals surface area contributed by atoms with Crippen molar-refractivity contribution in [2.45, 2.75) is 25.5 Å². The molecule has 2 saturated heterocycles. The van der Waals surface area contributed by atoms with Gasteiger partial charge in [-0.05, 0) is 36.8 Å². The number of thiazole rings is 1. The van der Waals surface area contributed by atoms with Gasteiger partial charge in [0.1, 0.15) is 11.7 Å². The number of aromatic nitrogens is 2. The molecule has 0 aliphatic carbocycles. The number of anilines is 1. The summed E-state index contributed by atoms with van der Waals surface area (Å²) in [4.78, 5) is 23.0. The van der Waals surface area contributed by atoms with Crippen LogP contribution in [-0.2, 0) is 9.53 Å². The smallest absolute Gasteiger partial charge is 0.241 e. The highest BCUT2D eigenvalue weighted by atomic mass is 32.1. The monoisotopic (exact) mass is 424 g/mol. The van der Waals surface area contributed by atoms with Crippen LogP contribution in [0.1, 0.15) is 19.3 Å². The standard InChI is InChI=1S/C22H24N4O3S/c1-28-20-18-19(16(12-24-20)15-5-3-2-4-6-15)30-21(25-18)26(14-27)17-11-22(8-10-29-17)7-9-23-13-22/h2-6,12,14,17,23H,7-11,13H2,1H3. The lowest BCUT2D eigenvalue weighted by Crippen LogP contribution is -2.46. The van der Waals surface area contributed by atoms with Crippen LogP contribution in [0.5, 0.6) is 5.88 Å². The Hall–Kier alpha value is -2.55. The Labute approximate surface area is 179 Å². The molecule has 3 aromatic rings. The lowest BCUT2D eigenvalue weighted by Gasteiger charge is -2.40. The summed E-state index contributed by atoms with van der Waals surface area (Å²) in [6.45, 7) is 2.66. The van der Waals surface area contributed by atoms with Gasteiger partial charge in [-0.25, -0.2) is 9.97 Å². The number of pyridine rings is 1. The fraction of sp³-hybridized carbons (Fsp3) is 0.409. The van der Waals surface area contributed by atoms with E-state index in [1.165, 1.54) is 11.3 Å². The second-order valence-electron chi connectivity index (χ2n) is 7.94. The molecule has 30 heavy (non-hydrogen) atoms. The molecular weight excluding hydrogens is 400 g/mol. The maximum absolute atomic E-state index is 12.1. The highest BCUT2D eigenvalue weighted by Crippen LogP contribution is 2.43. The molecule has 2 aliphatic rings. The van der Waals surface area contributed by atoms with Crippen molar-refractivity contribution in [3.63, 3.8) is 0 Å². The first-order valence-corrected chi connectivity index (χ1v) is 11.0. The molecule has 2 unspecified atom stereocenters. The SMILES string of the molecule is COc1ncc(-c2ccccc2)c2sc(N(C=O)C3CC4(CCNC4)CCO3)nc12. The first kappa shape index (κ1) is 19.4. The number of nitrogens with zero attached hydrogens (tertiary/aromatic N) is 3. The molecule has 8 heteroatoms. The van der Waals surface area contributed by atoms with E-state index in [4.69, 9.17) is 14.5 Å². The average Bonchev–Trinajstić information content (AvgIpc) is 3.42. The second kappa shape index (κ2) is 7.94. The van der Waals surface area contributed by atoms with Gasteiger partial charge in [0.15, 0.2) is 5.13 Å². The summed E-state index contributed by atoms with van der Waals surface area (Å²) in [5.74, 6) is 0.457. The molecule has 0 bridgehead atoms. The zero-order valence-corrected chi connectivity index (χ0v) is 17.7. The van der Waals surface area contributed by atoms with Crippen molar-refractivity contribution in [1.82, 2.24) is 15.3 Å². The van der Waals surface area contributed by atoms with Gasteiger partial charge in [0, 0.05) is 24.9 Å². The highest BCUT2D eigenvalue weighted by molar-refractivity contribution is 7.23. The number of benzene rings is 1. The van der Waals surface area contributed by atoms with Crippen molar-refractivity contribution in [1.29, 1.82) is 0 Å². The van der Waals surface area contributed by atoms with Crippen LogP contribution >= 0.6 is 11.3 Å². The predicted molar refractivity (Wildman–Crippen MR) is 117 cm³/mol. The van der Waals surface area contributed by atoms with E-state index >= 15 is 0 Å². The van der Waals surface area contributed by atoms with Crippen molar-refractivity contribution < 1.29 is 14.3 Å². The maximum atomic E-state index is 12.1. The molecule has 0 radical (unpaired) electrons. The minimum Gasteiger partial charge on any atom is -0.479 e. The van der Waals surface area contributed by atoms with Crippen LogP contribution in [0.15, 0.2) is 36.5 Å². The first-order chi connectivity index (χ1) is 14.7. The molecule has 5 rings (SSSR count). The zero-order valence-electron chi connectivity index (χ0n) is 16.8. The normalized spacial score (nSPS) is 23.7. The van der Waals surface area contributed by atoms with Crippen LogP contribution in [0.3, 0.4) is 0 Å². The fourth-order valence-corrected chi connectivity index (χ4v) is 5.60. The van der Waals surface area contributed by atoms with Gasteiger partial charge in [-0.2, -0.15) is 0 Å². The number of amides is 1. The third-order valence-electron chi connectivity index (χ3n) is 6.18. The van der Waals surface area contributed by atoms with Gasteiger partial charge < -0.3 is 14.8 Å².